The minimum absolute atomic E-state index is 0.108. The summed E-state index contributed by atoms with van der Waals surface area (Å²) in [5, 5.41) is 3.35. The number of anilines is 1. The summed E-state index contributed by atoms with van der Waals surface area (Å²) in [7, 11) is 0. The summed E-state index contributed by atoms with van der Waals surface area (Å²) in [4.78, 5) is 23.6. The zero-order valence-electron chi connectivity index (χ0n) is 12.7. The van der Waals surface area contributed by atoms with Gasteiger partial charge in [0.15, 0.2) is 0 Å². The van der Waals surface area contributed by atoms with E-state index in [0.717, 1.165) is 37.2 Å². The van der Waals surface area contributed by atoms with Crippen molar-refractivity contribution in [3.05, 3.63) is 11.8 Å². The molecule has 0 aromatic carbocycles. The number of carbonyl (C=O) groups is 1. The van der Waals surface area contributed by atoms with Crippen molar-refractivity contribution < 1.29 is 9.35 Å². The van der Waals surface area contributed by atoms with Gasteiger partial charge < -0.3 is 14.8 Å². The lowest BCUT2D eigenvalue weighted by atomic mass is 9.91. The number of carbonyl (C=O) groups excluding carboxylic acids is 1. The third-order valence-corrected chi connectivity index (χ3v) is 5.90. The van der Waals surface area contributed by atoms with Crippen molar-refractivity contribution in [2.75, 3.05) is 17.7 Å². The van der Waals surface area contributed by atoms with E-state index in [1.807, 2.05) is 0 Å². The minimum atomic E-state index is -1.21. The van der Waals surface area contributed by atoms with Crippen molar-refractivity contribution in [2.45, 2.75) is 55.3 Å². The minimum Gasteiger partial charge on any atom is -0.609 e. The topological polar surface area (TPSA) is 81.2 Å². The van der Waals surface area contributed by atoms with Gasteiger partial charge in [-0.2, -0.15) is 9.97 Å². The largest absolute Gasteiger partial charge is 0.609 e. The van der Waals surface area contributed by atoms with Crippen molar-refractivity contribution >= 4 is 22.9 Å². The Morgan fingerprint density at radius 1 is 1.45 bits per heavy atom. The predicted octanol–water partition coefficient (Wildman–Crippen LogP) is 0.778. The van der Waals surface area contributed by atoms with Crippen molar-refractivity contribution in [1.29, 1.82) is 0 Å². The Morgan fingerprint density at radius 3 is 2.86 bits per heavy atom. The van der Waals surface area contributed by atoms with Crippen molar-refractivity contribution in [3.8, 4) is 0 Å². The van der Waals surface area contributed by atoms with E-state index < -0.39 is 16.7 Å². The van der Waals surface area contributed by atoms with Gasteiger partial charge in [-0.1, -0.05) is 12.8 Å². The van der Waals surface area contributed by atoms with Gasteiger partial charge in [-0.05, 0) is 19.3 Å². The van der Waals surface area contributed by atoms with E-state index in [1.165, 1.54) is 12.8 Å². The average molecular weight is 320 g/mol. The van der Waals surface area contributed by atoms with Gasteiger partial charge in [0.05, 0.1) is 0 Å². The summed E-state index contributed by atoms with van der Waals surface area (Å²) in [5.41, 5.74) is 0.512. The Labute approximate surface area is 132 Å². The molecule has 6 nitrogen and oxygen atoms in total. The van der Waals surface area contributed by atoms with Gasteiger partial charge >= 0.3 is 5.16 Å². The van der Waals surface area contributed by atoms with Crippen LogP contribution in [0, 0.1) is 0 Å². The van der Waals surface area contributed by atoms with E-state index in [9.17, 15) is 9.35 Å². The van der Waals surface area contributed by atoms with E-state index in [0.29, 0.717) is 17.6 Å². The van der Waals surface area contributed by atoms with Crippen molar-refractivity contribution in [3.63, 3.8) is 0 Å². The molecule has 1 saturated carbocycles. The summed E-state index contributed by atoms with van der Waals surface area (Å²) in [5.74, 6) is 0.945. The number of fused-ring (bicyclic) bond motifs is 1. The van der Waals surface area contributed by atoms with Crippen LogP contribution in [0.4, 0.5) is 5.82 Å². The molecule has 2 fully saturated rings. The van der Waals surface area contributed by atoms with Crippen LogP contribution in [0.1, 0.15) is 37.7 Å². The first kappa shape index (κ1) is 14.3. The molecule has 3 aliphatic rings. The fourth-order valence-corrected chi connectivity index (χ4v) is 4.62. The lowest BCUT2D eigenvalue weighted by molar-refractivity contribution is -0.123. The van der Waals surface area contributed by atoms with E-state index in [1.54, 1.807) is 12.5 Å². The first-order valence-corrected chi connectivity index (χ1v) is 9.45. The lowest BCUT2D eigenvalue weighted by Gasteiger charge is -2.38. The number of nitrogens with zero attached hydrogens (tertiary/aromatic N) is 3. The summed E-state index contributed by atoms with van der Waals surface area (Å²) in [6.07, 6.45) is 9.43. The van der Waals surface area contributed by atoms with Gasteiger partial charge in [-0.3, -0.25) is 4.79 Å². The predicted molar refractivity (Wildman–Crippen MR) is 83.2 cm³/mol. The van der Waals surface area contributed by atoms with Gasteiger partial charge in [-0.25, -0.2) is 0 Å². The normalized spacial score (nSPS) is 29.2. The Hall–Kier alpha value is -1.34. The molecule has 1 aliphatic carbocycles. The standard InChI is InChI=1S/C15H20N4O2S/c1-22(21)14-17-9-10-8-15(6-7-16-13(15)20)19(12(10)18-14)11-4-2-3-5-11/h9,11H,2-8H2,1H3,(H,16,20). The van der Waals surface area contributed by atoms with Crippen LogP contribution >= 0.6 is 0 Å². The third kappa shape index (κ3) is 1.95. The van der Waals surface area contributed by atoms with Crippen LogP contribution in [0.5, 0.6) is 0 Å². The highest BCUT2D eigenvalue weighted by atomic mass is 32.2. The van der Waals surface area contributed by atoms with E-state index >= 15 is 0 Å². The van der Waals surface area contributed by atoms with Crippen LogP contribution in [-0.2, 0) is 22.4 Å². The molecule has 0 bridgehead atoms. The van der Waals surface area contributed by atoms with Gasteiger partial charge in [0.25, 0.3) is 0 Å². The lowest BCUT2D eigenvalue weighted by Crippen LogP contribution is -2.56. The maximum atomic E-state index is 12.6. The highest BCUT2D eigenvalue weighted by molar-refractivity contribution is 7.90. The van der Waals surface area contributed by atoms with Gasteiger partial charge in [0, 0.05) is 41.9 Å². The molecule has 1 N–H and O–H groups in total. The van der Waals surface area contributed by atoms with Crippen molar-refractivity contribution in [2.24, 2.45) is 0 Å². The molecule has 1 spiro atoms. The smallest absolute Gasteiger partial charge is 0.344 e. The van der Waals surface area contributed by atoms with E-state index in [2.05, 4.69) is 20.2 Å². The number of amides is 1. The Morgan fingerprint density at radius 2 is 2.23 bits per heavy atom. The molecule has 22 heavy (non-hydrogen) atoms. The van der Waals surface area contributed by atoms with Crippen LogP contribution in [-0.4, -0.2) is 44.8 Å². The molecule has 7 heteroatoms. The Balaban J connectivity index is 1.82. The number of aromatic nitrogens is 2. The molecule has 1 amide bonds. The molecule has 2 unspecified atom stereocenters. The van der Waals surface area contributed by atoms with E-state index in [4.69, 9.17) is 0 Å². The van der Waals surface area contributed by atoms with Gasteiger partial charge in [-0.15, -0.1) is 0 Å². The quantitative estimate of drug-likeness (QED) is 0.643. The number of hydrogen-bond acceptors (Lipinski definition) is 5. The number of nitrogens with one attached hydrogen (secondary N) is 1. The fraction of sp³-hybridized carbons (Fsp3) is 0.667. The number of hydrogen-bond donors (Lipinski definition) is 1. The molecule has 0 radical (unpaired) electrons. The second-order valence-corrected chi connectivity index (χ2v) is 7.75. The highest BCUT2D eigenvalue weighted by Gasteiger charge is 2.55. The fourth-order valence-electron chi connectivity index (χ4n) is 4.20. The second-order valence-electron chi connectivity index (χ2n) is 6.48. The van der Waals surface area contributed by atoms with Crippen molar-refractivity contribution in [1.82, 2.24) is 15.3 Å². The summed E-state index contributed by atoms with van der Waals surface area (Å²) in [6.45, 7) is 0.718. The highest BCUT2D eigenvalue weighted by Crippen LogP contribution is 2.45. The van der Waals surface area contributed by atoms with Crippen LogP contribution in [0.3, 0.4) is 0 Å². The average Bonchev–Trinajstić information content (AvgIpc) is 3.18. The molecule has 1 aromatic rings. The maximum Gasteiger partial charge on any atom is 0.344 e. The summed E-state index contributed by atoms with van der Waals surface area (Å²) in [6, 6.07) is 0.359. The molecule has 4 rings (SSSR count). The SMILES string of the molecule is C[S+]([O-])c1ncc2c(n1)N(C1CCCC1)C1(CCNC1=O)C2. The van der Waals surface area contributed by atoms with Gasteiger partial charge in [0.1, 0.15) is 17.6 Å². The molecular weight excluding hydrogens is 300 g/mol. The summed E-state index contributed by atoms with van der Waals surface area (Å²) < 4.78 is 11.7. The molecule has 2 atom stereocenters. The van der Waals surface area contributed by atoms with Crippen LogP contribution in [0.15, 0.2) is 11.4 Å². The third-order valence-electron chi connectivity index (χ3n) is 5.19. The van der Waals surface area contributed by atoms with Crippen LogP contribution < -0.4 is 10.2 Å². The van der Waals surface area contributed by atoms with Crippen LogP contribution in [0.2, 0.25) is 0 Å². The molecule has 1 aromatic heterocycles. The second kappa shape index (κ2) is 5.09. The number of rotatable bonds is 2. The van der Waals surface area contributed by atoms with Crippen LogP contribution in [0.25, 0.3) is 0 Å². The van der Waals surface area contributed by atoms with Gasteiger partial charge in [0.2, 0.25) is 5.91 Å². The summed E-state index contributed by atoms with van der Waals surface area (Å²) >= 11 is -1.21. The Bertz CT molecular complexity index is 618. The zero-order chi connectivity index (χ0) is 15.3. The molecular formula is C15H20N4O2S. The molecule has 2 aliphatic heterocycles. The molecule has 1 saturated heterocycles. The molecule has 118 valence electrons. The van der Waals surface area contributed by atoms with E-state index in [-0.39, 0.29) is 5.91 Å². The zero-order valence-corrected chi connectivity index (χ0v) is 13.5. The Kier molecular flexibility index (Phi) is 3.30. The molecule has 3 heterocycles. The monoisotopic (exact) mass is 320 g/mol. The maximum absolute atomic E-state index is 12.6. The first-order chi connectivity index (χ1) is 10.6. The first-order valence-electron chi connectivity index (χ1n) is 7.89.